The normalized spacial score (nSPS) is 11.1. The summed E-state index contributed by atoms with van der Waals surface area (Å²) < 4.78 is 4.95. The average Bonchev–Trinajstić information content (AvgIpc) is 2.28. The van der Waals surface area contributed by atoms with E-state index >= 15 is 0 Å². The highest BCUT2D eigenvalue weighted by Gasteiger charge is 2.16. The number of hydrogen-bond donors (Lipinski definition) is 2. The minimum Gasteiger partial charge on any atom is -0.490 e. The molecule has 0 fully saturated rings. The van der Waals surface area contributed by atoms with Crippen molar-refractivity contribution in [1.82, 2.24) is 5.01 Å². The highest BCUT2D eigenvalue weighted by atomic mass is 16.6. The van der Waals surface area contributed by atoms with Gasteiger partial charge in [0.15, 0.2) is 5.75 Å². The highest BCUT2D eigenvalue weighted by molar-refractivity contribution is 5.67. The van der Waals surface area contributed by atoms with Gasteiger partial charge in [-0.25, -0.2) is 5.84 Å². The molecule has 7 nitrogen and oxygen atoms in total. The number of ether oxygens (including phenoxy) is 1. The fourth-order valence-corrected chi connectivity index (χ4v) is 1.41. The second kappa shape index (κ2) is 5.17. The van der Waals surface area contributed by atoms with Gasteiger partial charge in [0.05, 0.1) is 17.7 Å². The lowest BCUT2D eigenvalue weighted by Gasteiger charge is -2.16. The average molecular weight is 238 g/mol. The van der Waals surface area contributed by atoms with Crippen LogP contribution in [0.1, 0.15) is 5.56 Å². The molecule has 7 heteroatoms. The zero-order valence-corrected chi connectivity index (χ0v) is 9.58. The van der Waals surface area contributed by atoms with Crippen LogP contribution in [0.4, 0.5) is 5.69 Å². The monoisotopic (exact) mass is 238 g/mol. The van der Waals surface area contributed by atoms with Gasteiger partial charge in [-0.05, 0) is 12.1 Å². The Hall–Kier alpha value is -2.28. The summed E-state index contributed by atoms with van der Waals surface area (Å²) in [5.41, 5.74) is 6.51. The van der Waals surface area contributed by atoms with Gasteiger partial charge in [0.25, 0.3) is 0 Å². The second-order valence-corrected chi connectivity index (χ2v) is 3.31. The van der Waals surface area contributed by atoms with Crippen LogP contribution < -0.4 is 16.3 Å². The Morgan fingerprint density at radius 2 is 2.24 bits per heavy atom. The van der Waals surface area contributed by atoms with Gasteiger partial charge >= 0.3 is 5.69 Å². The molecule has 4 N–H and O–H groups in total. The lowest BCUT2D eigenvalue weighted by atomic mass is 10.1. The number of methoxy groups -OCH3 is 1. The van der Waals surface area contributed by atoms with E-state index in [1.54, 1.807) is 13.1 Å². The van der Waals surface area contributed by atoms with E-state index in [1.165, 1.54) is 30.5 Å². The number of nitro benzene ring substituents is 1. The molecule has 0 bridgehead atoms. The zero-order valence-electron chi connectivity index (χ0n) is 9.58. The molecule has 92 valence electrons. The van der Waals surface area contributed by atoms with Crippen molar-refractivity contribution in [3.63, 3.8) is 0 Å². The Balaban J connectivity index is 3.27. The van der Waals surface area contributed by atoms with Crippen LogP contribution in [0.5, 0.6) is 5.75 Å². The Morgan fingerprint density at radius 3 is 2.65 bits per heavy atom. The fraction of sp³-hybridized carbons (Fsp3) is 0.200. The molecule has 0 saturated carbocycles. The molecular weight excluding hydrogens is 224 g/mol. The lowest BCUT2D eigenvalue weighted by Crippen LogP contribution is -2.24. The van der Waals surface area contributed by atoms with E-state index in [-0.39, 0.29) is 11.4 Å². The summed E-state index contributed by atoms with van der Waals surface area (Å²) in [6.07, 6.45) is 1.32. The second-order valence-electron chi connectivity index (χ2n) is 3.31. The van der Waals surface area contributed by atoms with Crippen molar-refractivity contribution in [3.05, 3.63) is 40.1 Å². The molecule has 0 aliphatic carbocycles. The van der Waals surface area contributed by atoms with Gasteiger partial charge in [-0.3, -0.25) is 10.1 Å². The molecule has 0 aromatic heterocycles. The first-order valence-corrected chi connectivity index (χ1v) is 4.74. The van der Waals surface area contributed by atoms with Crippen molar-refractivity contribution in [2.45, 2.75) is 0 Å². The Kier molecular flexibility index (Phi) is 3.89. The molecule has 0 radical (unpaired) electrons. The molecule has 0 saturated heterocycles. The Morgan fingerprint density at radius 1 is 1.59 bits per heavy atom. The number of hydrogen-bond acceptors (Lipinski definition) is 6. The molecule has 0 aliphatic rings. The molecule has 0 amide bonds. The maximum absolute atomic E-state index is 10.7. The molecule has 1 aromatic rings. The summed E-state index contributed by atoms with van der Waals surface area (Å²) in [4.78, 5) is 10.2. The Labute approximate surface area is 98.4 Å². The summed E-state index contributed by atoms with van der Waals surface area (Å²) in [7, 11) is 2.98. The fourth-order valence-electron chi connectivity index (χ4n) is 1.41. The molecule has 0 aliphatic heterocycles. The van der Waals surface area contributed by atoms with E-state index in [9.17, 15) is 10.1 Å². The van der Waals surface area contributed by atoms with Gasteiger partial charge in [-0.15, -0.1) is 0 Å². The van der Waals surface area contributed by atoms with Crippen molar-refractivity contribution >= 4 is 11.4 Å². The topological polar surface area (TPSA) is 108 Å². The molecule has 17 heavy (non-hydrogen) atoms. The molecule has 0 spiro atoms. The van der Waals surface area contributed by atoms with E-state index in [0.717, 1.165) is 0 Å². The third kappa shape index (κ3) is 2.64. The quantitative estimate of drug-likeness (QED) is 0.453. The van der Waals surface area contributed by atoms with Crippen LogP contribution in [0, 0.1) is 10.1 Å². The third-order valence-corrected chi connectivity index (χ3v) is 2.21. The number of benzene rings is 1. The first-order valence-electron chi connectivity index (χ1n) is 4.74. The maximum atomic E-state index is 10.7. The van der Waals surface area contributed by atoms with Crippen LogP contribution in [0.2, 0.25) is 0 Å². The number of nitrogens with two attached hydrogens (primary N) is 2. The molecular formula is C10H14N4O3. The van der Waals surface area contributed by atoms with Crippen molar-refractivity contribution in [3.8, 4) is 5.75 Å². The van der Waals surface area contributed by atoms with Crippen LogP contribution in [-0.4, -0.2) is 24.1 Å². The number of nitro groups is 1. The van der Waals surface area contributed by atoms with Crippen LogP contribution in [-0.2, 0) is 0 Å². The summed E-state index contributed by atoms with van der Waals surface area (Å²) >= 11 is 0. The summed E-state index contributed by atoms with van der Waals surface area (Å²) in [6.45, 7) is 0. The van der Waals surface area contributed by atoms with Gasteiger partial charge in [0.1, 0.15) is 0 Å². The van der Waals surface area contributed by atoms with E-state index in [4.69, 9.17) is 16.3 Å². The highest BCUT2D eigenvalue weighted by Crippen LogP contribution is 2.30. The van der Waals surface area contributed by atoms with Crippen molar-refractivity contribution in [2.75, 3.05) is 14.2 Å². The van der Waals surface area contributed by atoms with Gasteiger partial charge in [-0.2, -0.15) is 0 Å². The van der Waals surface area contributed by atoms with Gasteiger partial charge in [0, 0.05) is 24.9 Å². The molecule has 0 unspecified atom stereocenters. The minimum absolute atomic E-state index is 0.104. The zero-order chi connectivity index (χ0) is 13.0. The molecule has 0 heterocycles. The van der Waals surface area contributed by atoms with Gasteiger partial charge in [-0.1, -0.05) is 0 Å². The maximum Gasteiger partial charge on any atom is 0.310 e. The predicted octanol–water partition coefficient (Wildman–Crippen LogP) is 0.666. The van der Waals surface area contributed by atoms with Crippen molar-refractivity contribution in [1.29, 1.82) is 0 Å². The van der Waals surface area contributed by atoms with E-state index < -0.39 is 4.92 Å². The van der Waals surface area contributed by atoms with Gasteiger partial charge in [0.2, 0.25) is 0 Å². The van der Waals surface area contributed by atoms with Gasteiger partial charge < -0.3 is 15.5 Å². The van der Waals surface area contributed by atoms with E-state index in [0.29, 0.717) is 11.3 Å². The van der Waals surface area contributed by atoms with Crippen LogP contribution in [0.25, 0.3) is 5.70 Å². The predicted molar refractivity (Wildman–Crippen MR) is 63.8 cm³/mol. The van der Waals surface area contributed by atoms with E-state index in [1.807, 2.05) is 0 Å². The first kappa shape index (κ1) is 12.8. The summed E-state index contributed by atoms with van der Waals surface area (Å²) in [5, 5.41) is 12.0. The number of rotatable bonds is 4. The number of hydrazine groups is 1. The van der Waals surface area contributed by atoms with Crippen molar-refractivity contribution in [2.24, 2.45) is 11.6 Å². The standard InChI is InChI=1S/C10H14N4O3/c1-13(12)9(6-11)7-3-4-8(14(15)16)10(5-7)17-2/h3-6H,11-12H2,1-2H3/b9-6-. The van der Waals surface area contributed by atoms with Crippen molar-refractivity contribution < 1.29 is 9.66 Å². The Bertz CT molecular complexity index is 457. The first-order chi connectivity index (χ1) is 8.01. The summed E-state index contributed by atoms with van der Waals surface area (Å²) in [6, 6.07) is 4.42. The number of nitrogens with zero attached hydrogens (tertiary/aromatic N) is 2. The smallest absolute Gasteiger partial charge is 0.310 e. The SMILES string of the molecule is COc1cc(/C(=C/N)N(C)N)ccc1[N+](=O)[O-]. The lowest BCUT2D eigenvalue weighted by molar-refractivity contribution is -0.385. The van der Waals surface area contributed by atoms with Crippen LogP contribution in [0.15, 0.2) is 24.4 Å². The summed E-state index contributed by atoms with van der Waals surface area (Å²) in [5.74, 6) is 5.74. The minimum atomic E-state index is -0.513. The van der Waals surface area contributed by atoms with Crippen LogP contribution >= 0.6 is 0 Å². The molecule has 1 rings (SSSR count). The molecule has 0 atom stereocenters. The molecule has 1 aromatic carbocycles. The van der Waals surface area contributed by atoms with Crippen LogP contribution in [0.3, 0.4) is 0 Å². The third-order valence-electron chi connectivity index (χ3n) is 2.21. The van der Waals surface area contributed by atoms with E-state index in [2.05, 4.69) is 0 Å². The largest absolute Gasteiger partial charge is 0.490 e.